The van der Waals surface area contributed by atoms with Crippen molar-refractivity contribution in [2.75, 3.05) is 18.1 Å². The van der Waals surface area contributed by atoms with E-state index in [1.807, 2.05) is 38.1 Å². The van der Waals surface area contributed by atoms with Crippen LogP contribution < -0.4 is 10.2 Å². The molecule has 1 aliphatic heterocycles. The lowest BCUT2D eigenvalue weighted by molar-refractivity contribution is -0.147. The normalized spacial score (nSPS) is 13.9. The molecule has 0 unspecified atom stereocenters. The number of para-hydroxylation sites is 1. The largest absolute Gasteiger partial charge is 0.454 e. The summed E-state index contributed by atoms with van der Waals surface area (Å²) in [5.74, 6) is -2.50. The molecule has 31 heavy (non-hydrogen) atoms. The number of aryl methyl sites for hydroxylation is 1. The predicted molar refractivity (Wildman–Crippen MR) is 116 cm³/mol. The van der Waals surface area contributed by atoms with E-state index >= 15 is 0 Å². The van der Waals surface area contributed by atoms with Crippen LogP contribution in [-0.4, -0.2) is 36.7 Å². The molecule has 0 aromatic heterocycles. The molecule has 0 spiro atoms. The van der Waals surface area contributed by atoms with E-state index in [9.17, 15) is 19.2 Å². The molecule has 0 bridgehead atoms. The molecule has 2 amide bonds. The van der Waals surface area contributed by atoms with Gasteiger partial charge in [0, 0.05) is 0 Å². The molecule has 0 saturated heterocycles. The third kappa shape index (κ3) is 4.99. The minimum atomic E-state index is -0.780. The van der Waals surface area contributed by atoms with E-state index in [0.717, 1.165) is 16.9 Å². The van der Waals surface area contributed by atoms with Gasteiger partial charge in [0.1, 0.15) is 6.54 Å². The lowest BCUT2D eigenvalue weighted by Gasteiger charge is -2.23. The molecule has 7 heteroatoms. The highest BCUT2D eigenvalue weighted by Crippen LogP contribution is 2.28. The van der Waals surface area contributed by atoms with Crippen LogP contribution in [0, 0.1) is 5.92 Å². The first-order chi connectivity index (χ1) is 14.8. The molecule has 0 aliphatic carbocycles. The highest BCUT2D eigenvalue weighted by molar-refractivity contribution is 6.52. The number of carbonyl (C=O) groups excluding carboxylic acids is 4. The molecule has 0 radical (unpaired) electrons. The van der Waals surface area contributed by atoms with Gasteiger partial charge in [-0.25, -0.2) is 0 Å². The van der Waals surface area contributed by atoms with Gasteiger partial charge in [0.05, 0.1) is 17.3 Å². The van der Waals surface area contributed by atoms with Gasteiger partial charge in [0.15, 0.2) is 6.61 Å². The standard InChI is InChI=1S/C24H26N2O5/c1-4-16-9-11-17(12-10-16)22(15(2)3)25-20(27)14-31-21(28)13-26-19-8-6-5-7-18(19)23(29)24(26)30/h5-12,15,22H,4,13-14H2,1-3H3,(H,25,27)/t22-/m1/s1. The fourth-order valence-corrected chi connectivity index (χ4v) is 3.54. The van der Waals surface area contributed by atoms with E-state index in [1.165, 1.54) is 11.6 Å². The Morgan fingerprint density at radius 3 is 2.35 bits per heavy atom. The maximum Gasteiger partial charge on any atom is 0.326 e. The number of rotatable bonds is 8. The molecule has 1 aliphatic rings. The topological polar surface area (TPSA) is 92.8 Å². The first kappa shape index (κ1) is 22.2. The number of nitrogens with one attached hydrogen (secondary N) is 1. The van der Waals surface area contributed by atoms with Crippen molar-refractivity contribution < 1.29 is 23.9 Å². The molecule has 162 valence electrons. The van der Waals surface area contributed by atoms with E-state index in [0.29, 0.717) is 5.69 Å². The number of fused-ring (bicyclic) bond motifs is 1. The van der Waals surface area contributed by atoms with Crippen LogP contribution >= 0.6 is 0 Å². The molecule has 2 aromatic rings. The van der Waals surface area contributed by atoms with Crippen molar-refractivity contribution in [2.45, 2.75) is 33.2 Å². The van der Waals surface area contributed by atoms with E-state index < -0.39 is 36.7 Å². The Bertz CT molecular complexity index is 997. The van der Waals surface area contributed by atoms with Gasteiger partial charge in [-0.15, -0.1) is 0 Å². The first-order valence-corrected chi connectivity index (χ1v) is 10.3. The van der Waals surface area contributed by atoms with Gasteiger partial charge in [-0.1, -0.05) is 57.2 Å². The second kappa shape index (κ2) is 9.55. The Balaban J connectivity index is 1.56. The van der Waals surface area contributed by atoms with Crippen LogP contribution in [0.1, 0.15) is 48.3 Å². The fourth-order valence-electron chi connectivity index (χ4n) is 3.54. The summed E-state index contributed by atoms with van der Waals surface area (Å²) in [7, 11) is 0. The Morgan fingerprint density at radius 2 is 1.71 bits per heavy atom. The molecule has 1 N–H and O–H groups in total. The quantitative estimate of drug-likeness (QED) is 0.522. The van der Waals surface area contributed by atoms with E-state index in [1.54, 1.807) is 18.2 Å². The number of benzene rings is 2. The zero-order valence-corrected chi connectivity index (χ0v) is 17.9. The molecular weight excluding hydrogens is 396 g/mol. The zero-order valence-electron chi connectivity index (χ0n) is 17.9. The summed E-state index contributed by atoms with van der Waals surface area (Å²) >= 11 is 0. The smallest absolute Gasteiger partial charge is 0.326 e. The van der Waals surface area contributed by atoms with Crippen molar-refractivity contribution in [3.8, 4) is 0 Å². The number of carbonyl (C=O) groups is 4. The average Bonchev–Trinajstić information content (AvgIpc) is 3.01. The van der Waals surface area contributed by atoms with Gasteiger partial charge in [0.25, 0.3) is 17.6 Å². The molecule has 0 saturated carbocycles. The number of ketones is 1. The van der Waals surface area contributed by atoms with Gasteiger partial charge >= 0.3 is 5.97 Å². The first-order valence-electron chi connectivity index (χ1n) is 10.3. The Labute approximate surface area is 181 Å². The average molecular weight is 422 g/mol. The second-order valence-electron chi connectivity index (χ2n) is 7.78. The maximum atomic E-state index is 12.4. The van der Waals surface area contributed by atoms with Gasteiger partial charge in [-0.2, -0.15) is 0 Å². The van der Waals surface area contributed by atoms with Crippen molar-refractivity contribution in [3.05, 3.63) is 65.2 Å². The molecule has 3 rings (SSSR count). The maximum absolute atomic E-state index is 12.4. The summed E-state index contributed by atoms with van der Waals surface area (Å²) in [5.41, 5.74) is 2.81. The minimum absolute atomic E-state index is 0.136. The number of hydrogen-bond donors (Lipinski definition) is 1. The second-order valence-corrected chi connectivity index (χ2v) is 7.78. The summed E-state index contributed by atoms with van der Waals surface area (Å²) in [6.07, 6.45) is 0.935. The third-order valence-electron chi connectivity index (χ3n) is 5.26. The minimum Gasteiger partial charge on any atom is -0.454 e. The van der Waals surface area contributed by atoms with Gasteiger partial charge < -0.3 is 10.1 Å². The van der Waals surface area contributed by atoms with Crippen LogP contribution in [0.25, 0.3) is 0 Å². The van der Waals surface area contributed by atoms with Crippen molar-refractivity contribution in [2.24, 2.45) is 5.92 Å². The number of amides is 2. The number of hydrogen-bond acceptors (Lipinski definition) is 5. The number of ether oxygens (including phenoxy) is 1. The van der Waals surface area contributed by atoms with Crippen LogP contribution in [0.15, 0.2) is 48.5 Å². The van der Waals surface area contributed by atoms with Crippen molar-refractivity contribution in [3.63, 3.8) is 0 Å². The molecule has 2 aromatic carbocycles. The predicted octanol–water partition coefficient (Wildman–Crippen LogP) is 2.84. The molecular formula is C24H26N2O5. The van der Waals surface area contributed by atoms with Gasteiger partial charge in [0.2, 0.25) is 0 Å². The molecule has 7 nitrogen and oxygen atoms in total. The highest BCUT2D eigenvalue weighted by atomic mass is 16.5. The number of Topliss-reactive ketones (excluding diaryl/α,β-unsaturated/α-hetero) is 1. The van der Waals surface area contributed by atoms with E-state index in [-0.39, 0.29) is 17.5 Å². The summed E-state index contributed by atoms with van der Waals surface area (Å²) in [4.78, 5) is 49.8. The Morgan fingerprint density at radius 1 is 1.03 bits per heavy atom. The van der Waals surface area contributed by atoms with Gasteiger partial charge in [-0.05, 0) is 35.6 Å². The molecule has 1 atom stereocenters. The lowest BCUT2D eigenvalue weighted by atomic mass is 9.95. The van der Waals surface area contributed by atoms with Crippen molar-refractivity contribution >= 4 is 29.3 Å². The van der Waals surface area contributed by atoms with Gasteiger partial charge in [-0.3, -0.25) is 24.1 Å². The summed E-state index contributed by atoms with van der Waals surface area (Å²) in [6.45, 7) is 5.18. The van der Waals surface area contributed by atoms with Crippen LogP contribution in [0.2, 0.25) is 0 Å². The summed E-state index contributed by atoms with van der Waals surface area (Å²) in [6, 6.07) is 14.3. The Hall–Kier alpha value is -3.48. The van der Waals surface area contributed by atoms with Crippen LogP contribution in [0.4, 0.5) is 5.69 Å². The monoisotopic (exact) mass is 422 g/mol. The number of nitrogens with zero attached hydrogens (tertiary/aromatic N) is 1. The highest BCUT2D eigenvalue weighted by Gasteiger charge is 2.36. The van der Waals surface area contributed by atoms with Crippen molar-refractivity contribution in [1.29, 1.82) is 0 Å². The zero-order chi connectivity index (χ0) is 22.5. The van der Waals surface area contributed by atoms with Crippen LogP contribution in [0.3, 0.4) is 0 Å². The Kier molecular flexibility index (Phi) is 6.84. The fraction of sp³-hybridized carbons (Fsp3) is 0.333. The number of esters is 1. The van der Waals surface area contributed by atoms with E-state index in [4.69, 9.17) is 4.74 Å². The molecule has 0 fully saturated rings. The third-order valence-corrected chi connectivity index (χ3v) is 5.26. The van der Waals surface area contributed by atoms with E-state index in [2.05, 4.69) is 12.2 Å². The van der Waals surface area contributed by atoms with Crippen LogP contribution in [-0.2, 0) is 25.5 Å². The van der Waals surface area contributed by atoms with Crippen molar-refractivity contribution in [1.82, 2.24) is 5.32 Å². The van der Waals surface area contributed by atoms with Crippen LogP contribution in [0.5, 0.6) is 0 Å². The lowest BCUT2D eigenvalue weighted by Crippen LogP contribution is -2.38. The number of anilines is 1. The molecule has 1 heterocycles. The summed E-state index contributed by atoms with van der Waals surface area (Å²) < 4.78 is 5.06. The summed E-state index contributed by atoms with van der Waals surface area (Å²) in [5, 5.41) is 2.90. The SMILES string of the molecule is CCc1ccc([C@H](NC(=O)COC(=O)CN2C(=O)C(=O)c3ccccc32)C(C)C)cc1.